The lowest BCUT2D eigenvalue weighted by Gasteiger charge is -2.09. The Balaban J connectivity index is 3.50. The molecule has 0 aliphatic carbocycles. The van der Waals surface area contributed by atoms with Crippen LogP contribution in [-0.4, -0.2) is 30.6 Å². The summed E-state index contributed by atoms with van der Waals surface area (Å²) in [5, 5.41) is 3.08. The summed E-state index contributed by atoms with van der Waals surface area (Å²) >= 11 is 1.87. The number of hydrogen-bond acceptors (Lipinski definition) is 4. The van der Waals surface area contributed by atoms with Gasteiger partial charge in [0, 0.05) is 24.1 Å². The average molecular weight is 203 g/mol. The summed E-state index contributed by atoms with van der Waals surface area (Å²) < 4.78 is 4.44. The van der Waals surface area contributed by atoms with Gasteiger partial charge in [-0.3, -0.25) is 0 Å². The third-order valence-electron chi connectivity index (χ3n) is 1.37. The van der Waals surface area contributed by atoms with Crippen LogP contribution in [0.25, 0.3) is 0 Å². The van der Waals surface area contributed by atoms with Gasteiger partial charge in [-0.15, -0.1) is 0 Å². The van der Waals surface area contributed by atoms with Crippen LogP contribution in [0.15, 0.2) is 12.3 Å². The van der Waals surface area contributed by atoms with E-state index in [-0.39, 0.29) is 5.97 Å². The predicted molar refractivity (Wildman–Crippen MR) is 56.8 cm³/mol. The van der Waals surface area contributed by atoms with Gasteiger partial charge in [-0.05, 0) is 12.7 Å². The Morgan fingerprint density at radius 3 is 2.92 bits per heavy atom. The van der Waals surface area contributed by atoms with Crippen molar-refractivity contribution in [2.75, 3.05) is 18.6 Å². The van der Waals surface area contributed by atoms with Crippen molar-refractivity contribution in [3.63, 3.8) is 0 Å². The minimum atomic E-state index is -0.331. The van der Waals surface area contributed by atoms with Crippen molar-refractivity contribution < 1.29 is 9.53 Å². The second-order valence-electron chi connectivity index (χ2n) is 2.58. The Labute approximate surface area is 83.9 Å². The molecule has 0 aromatic carbocycles. The zero-order chi connectivity index (χ0) is 10.1. The lowest BCUT2D eigenvalue weighted by molar-refractivity contribution is -0.134. The van der Waals surface area contributed by atoms with Crippen LogP contribution in [0, 0.1) is 0 Å². The monoisotopic (exact) mass is 203 g/mol. The molecule has 1 unspecified atom stereocenters. The van der Waals surface area contributed by atoms with Gasteiger partial charge in [0.1, 0.15) is 0 Å². The van der Waals surface area contributed by atoms with Crippen LogP contribution in [0.5, 0.6) is 0 Å². The van der Waals surface area contributed by atoms with Gasteiger partial charge >= 0.3 is 5.97 Å². The summed E-state index contributed by atoms with van der Waals surface area (Å²) in [7, 11) is 1.36. The number of esters is 1. The fraction of sp³-hybridized carbons (Fsp3) is 0.667. The standard InChI is InChI=1S/C9H17NO2S/c1-4-13-7-8(2)10-6-5-9(11)12-3/h5-6,8,10H,4,7H2,1-3H3/b6-5+. The number of carbonyl (C=O) groups excluding carboxylic acids is 1. The van der Waals surface area contributed by atoms with Crippen LogP contribution in [0.1, 0.15) is 13.8 Å². The molecule has 0 saturated carbocycles. The molecule has 0 saturated heterocycles. The van der Waals surface area contributed by atoms with Crippen LogP contribution < -0.4 is 5.32 Å². The predicted octanol–water partition coefficient (Wildman–Crippen LogP) is 1.40. The maximum Gasteiger partial charge on any atom is 0.331 e. The maximum atomic E-state index is 10.7. The molecule has 3 nitrogen and oxygen atoms in total. The molecule has 0 radical (unpaired) electrons. The second-order valence-corrected chi connectivity index (χ2v) is 3.90. The molecule has 1 atom stereocenters. The number of methoxy groups -OCH3 is 1. The van der Waals surface area contributed by atoms with Crippen LogP contribution in [0.4, 0.5) is 0 Å². The van der Waals surface area contributed by atoms with E-state index in [4.69, 9.17) is 0 Å². The van der Waals surface area contributed by atoms with E-state index in [1.54, 1.807) is 6.20 Å². The van der Waals surface area contributed by atoms with Crippen molar-refractivity contribution in [2.24, 2.45) is 0 Å². The second kappa shape index (κ2) is 7.98. The maximum absolute atomic E-state index is 10.7. The molecule has 0 fully saturated rings. The summed E-state index contributed by atoms with van der Waals surface area (Å²) in [6.45, 7) is 4.20. The lowest BCUT2D eigenvalue weighted by atomic mass is 10.4. The van der Waals surface area contributed by atoms with E-state index in [1.807, 2.05) is 11.8 Å². The van der Waals surface area contributed by atoms with Crippen molar-refractivity contribution >= 4 is 17.7 Å². The number of thioether (sulfide) groups is 1. The fourth-order valence-electron chi connectivity index (χ4n) is 0.691. The first-order valence-corrected chi connectivity index (χ1v) is 5.44. The SMILES string of the molecule is CCSCC(C)N/C=C/C(=O)OC. The van der Waals surface area contributed by atoms with Crippen LogP contribution in [-0.2, 0) is 9.53 Å². The quantitative estimate of drug-likeness (QED) is 0.523. The van der Waals surface area contributed by atoms with E-state index in [0.717, 1.165) is 11.5 Å². The molecular formula is C9H17NO2S. The summed E-state index contributed by atoms with van der Waals surface area (Å²) in [6.07, 6.45) is 3.01. The third-order valence-corrected chi connectivity index (χ3v) is 2.52. The third kappa shape index (κ3) is 7.71. The normalized spacial score (nSPS) is 12.8. The molecule has 0 bridgehead atoms. The van der Waals surface area contributed by atoms with E-state index in [0.29, 0.717) is 6.04 Å². The van der Waals surface area contributed by atoms with Crippen molar-refractivity contribution in [1.29, 1.82) is 0 Å². The first-order chi connectivity index (χ1) is 6.20. The Morgan fingerprint density at radius 2 is 2.38 bits per heavy atom. The molecule has 0 amide bonds. The van der Waals surface area contributed by atoms with E-state index in [2.05, 4.69) is 23.9 Å². The minimum Gasteiger partial charge on any atom is -0.466 e. The molecule has 13 heavy (non-hydrogen) atoms. The van der Waals surface area contributed by atoms with Crippen LogP contribution in [0.3, 0.4) is 0 Å². The molecule has 0 aliphatic rings. The Hall–Kier alpha value is -0.640. The molecule has 0 aromatic heterocycles. The van der Waals surface area contributed by atoms with Crippen LogP contribution >= 0.6 is 11.8 Å². The van der Waals surface area contributed by atoms with Crippen molar-refractivity contribution in [3.8, 4) is 0 Å². The number of ether oxygens (including phenoxy) is 1. The fourth-order valence-corrected chi connectivity index (χ4v) is 1.38. The molecular weight excluding hydrogens is 186 g/mol. The highest BCUT2D eigenvalue weighted by Gasteiger charge is 1.97. The first kappa shape index (κ1) is 12.4. The number of nitrogens with one attached hydrogen (secondary N) is 1. The summed E-state index contributed by atoms with van der Waals surface area (Å²) in [4.78, 5) is 10.7. The van der Waals surface area contributed by atoms with Gasteiger partial charge < -0.3 is 10.1 Å². The smallest absolute Gasteiger partial charge is 0.331 e. The molecule has 76 valence electrons. The van der Waals surface area contributed by atoms with Gasteiger partial charge in [-0.1, -0.05) is 6.92 Å². The number of carbonyl (C=O) groups is 1. The van der Waals surface area contributed by atoms with E-state index >= 15 is 0 Å². The van der Waals surface area contributed by atoms with E-state index in [9.17, 15) is 4.79 Å². The van der Waals surface area contributed by atoms with Crippen molar-refractivity contribution in [1.82, 2.24) is 5.32 Å². The van der Waals surface area contributed by atoms with E-state index in [1.165, 1.54) is 13.2 Å². The topological polar surface area (TPSA) is 38.3 Å². The average Bonchev–Trinajstić information content (AvgIpc) is 2.14. The molecule has 1 N–H and O–H groups in total. The number of rotatable bonds is 6. The lowest BCUT2D eigenvalue weighted by Crippen LogP contribution is -2.23. The van der Waals surface area contributed by atoms with Gasteiger partial charge in [0.05, 0.1) is 7.11 Å². The highest BCUT2D eigenvalue weighted by atomic mass is 32.2. The largest absolute Gasteiger partial charge is 0.466 e. The summed E-state index contributed by atoms with van der Waals surface area (Å²) in [5.74, 6) is 1.83. The Kier molecular flexibility index (Phi) is 7.59. The highest BCUT2D eigenvalue weighted by Crippen LogP contribution is 2.00. The molecule has 0 aliphatic heterocycles. The molecule has 0 aromatic rings. The van der Waals surface area contributed by atoms with Crippen LogP contribution in [0.2, 0.25) is 0 Å². The zero-order valence-electron chi connectivity index (χ0n) is 8.37. The molecule has 0 rings (SSSR count). The highest BCUT2D eigenvalue weighted by molar-refractivity contribution is 7.99. The van der Waals surface area contributed by atoms with Gasteiger partial charge in [-0.25, -0.2) is 4.79 Å². The first-order valence-electron chi connectivity index (χ1n) is 4.29. The minimum absolute atomic E-state index is 0.331. The number of hydrogen-bond donors (Lipinski definition) is 1. The van der Waals surface area contributed by atoms with E-state index < -0.39 is 0 Å². The van der Waals surface area contributed by atoms with Gasteiger partial charge in [0.25, 0.3) is 0 Å². The van der Waals surface area contributed by atoms with Gasteiger partial charge in [0.15, 0.2) is 0 Å². The molecule has 0 heterocycles. The Bertz CT molecular complexity index is 171. The summed E-state index contributed by atoms with van der Waals surface area (Å²) in [5.41, 5.74) is 0. The molecule has 4 heteroatoms. The Morgan fingerprint density at radius 1 is 1.69 bits per heavy atom. The zero-order valence-corrected chi connectivity index (χ0v) is 9.19. The van der Waals surface area contributed by atoms with Crippen molar-refractivity contribution in [3.05, 3.63) is 12.3 Å². The van der Waals surface area contributed by atoms with Gasteiger partial charge in [0.2, 0.25) is 0 Å². The van der Waals surface area contributed by atoms with Crippen molar-refractivity contribution in [2.45, 2.75) is 19.9 Å². The molecule has 0 spiro atoms. The summed E-state index contributed by atoms with van der Waals surface area (Å²) in [6, 6.07) is 0.380. The van der Waals surface area contributed by atoms with Gasteiger partial charge in [-0.2, -0.15) is 11.8 Å².